The first-order valence-corrected chi connectivity index (χ1v) is 10.9. The molecule has 1 aliphatic heterocycles. The lowest BCUT2D eigenvalue weighted by Crippen LogP contribution is -2.59. The first-order valence-electron chi connectivity index (χ1n) is 9.30. The van der Waals surface area contributed by atoms with Gasteiger partial charge in [0.15, 0.2) is 0 Å². The molecule has 0 amide bonds. The minimum atomic E-state index is -1.22. The van der Waals surface area contributed by atoms with Gasteiger partial charge in [0.2, 0.25) is 0 Å². The third kappa shape index (κ3) is 7.15. The molecule has 1 saturated heterocycles. The highest BCUT2D eigenvalue weighted by Gasteiger charge is 2.50. The maximum absolute atomic E-state index is 11.8. The topological polar surface area (TPSA) is 161 Å². The molecule has 1 aliphatic rings. The molecule has 0 saturated carbocycles. The summed E-state index contributed by atoms with van der Waals surface area (Å²) >= 11 is 13.2. The maximum atomic E-state index is 11.8. The second kappa shape index (κ2) is 12.0. The molecule has 1 aromatic rings. The third-order valence-corrected chi connectivity index (χ3v) is 5.95. The van der Waals surface area contributed by atoms with Gasteiger partial charge in [-0.05, 0) is 17.7 Å². The normalized spacial score (nSPS) is 24.1. The van der Waals surface area contributed by atoms with E-state index in [4.69, 9.17) is 52.9 Å². The predicted molar refractivity (Wildman–Crippen MR) is 116 cm³/mol. The number of benzene rings is 1. The number of carbonyl (C=O) groups is 3. The van der Waals surface area contributed by atoms with Crippen LogP contribution in [0.5, 0.6) is 0 Å². The molecule has 33 heavy (non-hydrogen) atoms. The van der Waals surface area contributed by atoms with E-state index in [-0.39, 0.29) is 22.2 Å². The van der Waals surface area contributed by atoms with Gasteiger partial charge in [-0.15, -0.1) is 0 Å². The molecule has 176 valence electrons. The monoisotopic (exact) mass is 516 g/mol. The Kier molecular flexibility index (Phi) is 9.64. The minimum Gasteiger partial charge on any atom is -0.463 e. The number of azide groups is 1. The van der Waals surface area contributed by atoms with Crippen LogP contribution < -0.4 is 0 Å². The summed E-state index contributed by atoms with van der Waals surface area (Å²) in [6, 6.07) is 3.61. The van der Waals surface area contributed by atoms with Crippen molar-refractivity contribution in [3.8, 4) is 6.07 Å². The van der Waals surface area contributed by atoms with Gasteiger partial charge in [0.05, 0.1) is 15.6 Å². The minimum absolute atomic E-state index is 0.0818. The van der Waals surface area contributed by atoms with Crippen molar-refractivity contribution in [2.75, 3.05) is 6.61 Å². The van der Waals surface area contributed by atoms with E-state index in [0.717, 1.165) is 25.6 Å². The molecular weight excluding hydrogens is 499 g/mol. The zero-order valence-corrected chi connectivity index (χ0v) is 19.9. The molecular formula is C19H18Cl2N4O7S. The summed E-state index contributed by atoms with van der Waals surface area (Å²) in [6.45, 7) is 3.14. The van der Waals surface area contributed by atoms with Crippen LogP contribution in [0.25, 0.3) is 10.4 Å². The van der Waals surface area contributed by atoms with Crippen LogP contribution in [0.3, 0.4) is 0 Å². The van der Waals surface area contributed by atoms with Gasteiger partial charge in [-0.25, -0.2) is 0 Å². The van der Waals surface area contributed by atoms with Crippen LogP contribution in [-0.4, -0.2) is 54.3 Å². The second-order valence-electron chi connectivity index (χ2n) is 6.68. The van der Waals surface area contributed by atoms with E-state index >= 15 is 0 Å². The van der Waals surface area contributed by atoms with Crippen molar-refractivity contribution >= 4 is 52.9 Å². The quantitative estimate of drug-likeness (QED) is 0.172. The summed E-state index contributed by atoms with van der Waals surface area (Å²) in [5.74, 6) is -2.03. The molecule has 0 aliphatic carbocycles. The fourth-order valence-corrected chi connectivity index (χ4v) is 4.92. The van der Waals surface area contributed by atoms with E-state index < -0.39 is 47.7 Å². The van der Waals surface area contributed by atoms with Crippen LogP contribution in [0, 0.1) is 11.3 Å². The van der Waals surface area contributed by atoms with Gasteiger partial charge in [0, 0.05) is 30.6 Å². The zero-order valence-electron chi connectivity index (χ0n) is 17.6. The summed E-state index contributed by atoms with van der Waals surface area (Å²) in [7, 11) is 0. The van der Waals surface area contributed by atoms with E-state index in [0.29, 0.717) is 4.90 Å². The highest BCUT2D eigenvalue weighted by Crippen LogP contribution is 2.40. The van der Waals surface area contributed by atoms with Crippen LogP contribution >= 0.6 is 35.0 Å². The molecule has 11 nitrogen and oxygen atoms in total. The zero-order chi connectivity index (χ0) is 24.7. The van der Waals surface area contributed by atoms with E-state index in [1.807, 2.05) is 6.07 Å². The van der Waals surface area contributed by atoms with Crippen molar-refractivity contribution in [2.45, 2.75) is 55.5 Å². The Morgan fingerprint density at radius 1 is 1.15 bits per heavy atom. The van der Waals surface area contributed by atoms with Crippen molar-refractivity contribution in [2.24, 2.45) is 5.11 Å². The lowest BCUT2D eigenvalue weighted by atomic mass is 9.97. The average Bonchev–Trinajstić information content (AvgIpc) is 2.70. The third-order valence-electron chi connectivity index (χ3n) is 4.24. The highest BCUT2D eigenvalue weighted by molar-refractivity contribution is 7.99. The van der Waals surface area contributed by atoms with Crippen LogP contribution in [0.1, 0.15) is 26.3 Å². The number of ether oxygens (including phenoxy) is 4. The Balaban J connectivity index is 2.50. The summed E-state index contributed by atoms with van der Waals surface area (Å²) in [5.41, 5.74) is 8.18. The number of carbonyl (C=O) groups excluding carboxylic acids is 3. The molecule has 1 heterocycles. The molecule has 0 spiro atoms. The summed E-state index contributed by atoms with van der Waals surface area (Å²) in [6.07, 6.45) is -3.47. The molecule has 1 aromatic carbocycles. The Bertz CT molecular complexity index is 1000. The van der Waals surface area contributed by atoms with Gasteiger partial charge in [-0.1, -0.05) is 40.1 Å². The highest BCUT2D eigenvalue weighted by atomic mass is 35.5. The number of hydrogen-bond acceptors (Lipinski definition) is 10. The maximum Gasteiger partial charge on any atom is 0.303 e. The number of esters is 3. The van der Waals surface area contributed by atoms with Gasteiger partial charge < -0.3 is 18.9 Å². The number of hydrogen-bond donors (Lipinski definition) is 0. The van der Waals surface area contributed by atoms with Gasteiger partial charge >= 0.3 is 17.9 Å². The smallest absolute Gasteiger partial charge is 0.303 e. The number of nitriles is 1. The molecule has 0 aromatic heterocycles. The predicted octanol–water partition coefficient (Wildman–Crippen LogP) is 3.79. The van der Waals surface area contributed by atoms with Crippen LogP contribution in [-0.2, 0) is 33.3 Å². The number of thioether (sulfide) groups is 1. The summed E-state index contributed by atoms with van der Waals surface area (Å²) in [4.78, 5) is 38.1. The molecule has 0 N–H and O–H groups in total. The Morgan fingerprint density at radius 3 is 2.21 bits per heavy atom. The van der Waals surface area contributed by atoms with Crippen molar-refractivity contribution < 1.29 is 33.3 Å². The van der Waals surface area contributed by atoms with E-state index in [9.17, 15) is 14.4 Å². The Morgan fingerprint density at radius 2 is 1.73 bits per heavy atom. The standard InChI is InChI=1S/C19H18Cl2N4O7S/c1-8(26)29-7-15-17(30-9(2)27)16(24-25-23)18(31-10(3)28)19(32-15)33-11-4-13(20)12(6-22)14(21)5-11/h4-5,15-19H,7H2,1-3H3/t15?,16?,17-,18-,19+/m0/s1. The Labute approximate surface area is 202 Å². The van der Waals surface area contributed by atoms with Gasteiger partial charge in [0.1, 0.15) is 42.5 Å². The van der Waals surface area contributed by atoms with Gasteiger partial charge in [-0.2, -0.15) is 5.26 Å². The molecule has 0 radical (unpaired) electrons. The fraction of sp³-hybridized carbons (Fsp3) is 0.474. The molecule has 14 heteroatoms. The molecule has 0 bridgehead atoms. The van der Waals surface area contributed by atoms with Gasteiger partial charge in [-0.3, -0.25) is 14.4 Å². The lowest BCUT2D eigenvalue weighted by molar-refractivity contribution is -0.201. The summed E-state index contributed by atoms with van der Waals surface area (Å²) < 4.78 is 21.6. The number of rotatable bonds is 7. The average molecular weight is 517 g/mol. The fourth-order valence-electron chi connectivity index (χ4n) is 3.03. The number of halogens is 2. The molecule has 2 unspecified atom stereocenters. The number of nitrogens with zero attached hydrogens (tertiary/aromatic N) is 4. The first-order chi connectivity index (χ1) is 15.6. The van der Waals surface area contributed by atoms with Crippen LogP contribution in [0.2, 0.25) is 10.0 Å². The van der Waals surface area contributed by atoms with Crippen molar-refractivity contribution in [1.29, 1.82) is 5.26 Å². The lowest BCUT2D eigenvalue weighted by Gasteiger charge is -2.43. The van der Waals surface area contributed by atoms with Crippen molar-refractivity contribution in [1.82, 2.24) is 0 Å². The molecule has 2 rings (SSSR count). The van der Waals surface area contributed by atoms with E-state index in [1.54, 1.807) is 0 Å². The van der Waals surface area contributed by atoms with Crippen LogP contribution in [0.15, 0.2) is 22.1 Å². The molecule has 5 atom stereocenters. The van der Waals surface area contributed by atoms with Crippen molar-refractivity contribution in [3.63, 3.8) is 0 Å². The first kappa shape index (κ1) is 26.6. The van der Waals surface area contributed by atoms with E-state index in [2.05, 4.69) is 10.0 Å². The second-order valence-corrected chi connectivity index (χ2v) is 8.67. The van der Waals surface area contributed by atoms with Gasteiger partial charge in [0.25, 0.3) is 0 Å². The van der Waals surface area contributed by atoms with Crippen LogP contribution in [0.4, 0.5) is 0 Å². The SMILES string of the molecule is CC(=O)OCC1O[C@H](Sc2cc(Cl)c(C#N)c(Cl)c2)[C@@H](OC(C)=O)C(N=[N+]=[N-])[C@H]1OC(C)=O. The largest absolute Gasteiger partial charge is 0.463 e. The molecule has 1 fully saturated rings. The van der Waals surface area contributed by atoms with Crippen molar-refractivity contribution in [3.05, 3.63) is 38.2 Å². The Hall–Kier alpha value is -2.68. The summed E-state index contributed by atoms with van der Waals surface area (Å²) in [5, 5.41) is 13.0. The van der Waals surface area contributed by atoms with E-state index in [1.165, 1.54) is 19.1 Å².